The second-order valence-electron chi connectivity index (χ2n) is 6.58. The fourth-order valence-electron chi connectivity index (χ4n) is 2.82. The Morgan fingerprint density at radius 1 is 1.17 bits per heavy atom. The number of non-ortho nitro benzene ring substituents is 1. The van der Waals surface area contributed by atoms with Crippen molar-refractivity contribution in [1.82, 2.24) is 0 Å². The summed E-state index contributed by atoms with van der Waals surface area (Å²) >= 11 is 12.3. The fourth-order valence-corrected chi connectivity index (χ4v) is 3.29. The van der Waals surface area contributed by atoms with Crippen molar-refractivity contribution in [3.05, 3.63) is 73.9 Å². The van der Waals surface area contributed by atoms with Gasteiger partial charge in [-0.1, -0.05) is 37.0 Å². The Balaban J connectivity index is 1.92. The number of furan rings is 1. The zero-order chi connectivity index (χ0) is 21.3. The number of nitrogens with zero attached hydrogens (tertiary/aromatic N) is 1. The number of nitrogens with one attached hydrogen (secondary N) is 1. The third-order valence-electron chi connectivity index (χ3n) is 4.30. The lowest BCUT2D eigenvalue weighted by atomic mass is 9.98. The molecule has 0 radical (unpaired) electrons. The number of nitro benzene ring substituents is 1. The largest absolute Gasteiger partial charge is 0.507 e. The Morgan fingerprint density at radius 2 is 1.90 bits per heavy atom. The minimum atomic E-state index is -0.671. The van der Waals surface area contributed by atoms with Gasteiger partial charge in [0.1, 0.15) is 11.5 Å². The van der Waals surface area contributed by atoms with E-state index in [0.717, 1.165) is 11.6 Å². The molecule has 0 saturated carbocycles. The van der Waals surface area contributed by atoms with Crippen molar-refractivity contribution in [3.63, 3.8) is 0 Å². The highest BCUT2D eigenvalue weighted by molar-refractivity contribution is 6.35. The number of nitro groups is 1. The van der Waals surface area contributed by atoms with E-state index in [4.69, 9.17) is 27.6 Å². The Hall–Kier alpha value is -3.03. The minimum absolute atomic E-state index is 0.00748. The summed E-state index contributed by atoms with van der Waals surface area (Å²) in [5.41, 5.74) is 1.26. The molecule has 2 aromatic carbocycles. The zero-order valence-electron chi connectivity index (χ0n) is 15.4. The molecule has 0 aliphatic heterocycles. The van der Waals surface area contributed by atoms with Crippen LogP contribution >= 0.6 is 23.2 Å². The third-order valence-corrected chi connectivity index (χ3v) is 4.93. The molecule has 0 unspecified atom stereocenters. The molecular formula is C20H16Cl2N2O5. The maximum absolute atomic E-state index is 12.6. The van der Waals surface area contributed by atoms with Gasteiger partial charge in [-0.05, 0) is 30.2 Å². The molecule has 0 fully saturated rings. The van der Waals surface area contributed by atoms with Crippen LogP contribution in [0.1, 0.15) is 35.7 Å². The van der Waals surface area contributed by atoms with E-state index in [9.17, 15) is 20.0 Å². The van der Waals surface area contributed by atoms with Gasteiger partial charge in [-0.15, -0.1) is 0 Å². The summed E-state index contributed by atoms with van der Waals surface area (Å²) in [4.78, 5) is 22.8. The number of carbonyl (C=O) groups excluding carboxylic acids is 1. The monoisotopic (exact) mass is 434 g/mol. The molecule has 2 N–H and O–H groups in total. The molecule has 0 atom stereocenters. The standard InChI is InChI=1S/C20H16Cl2N2O5/c1-10(2)12-5-6-29-19(12)13-9-18(25)14(8-15(13)21)20(26)23-17-4-3-11(24(27)28)7-16(17)22/h3-10,25H,1-2H3,(H,23,26). The van der Waals surface area contributed by atoms with Crippen LogP contribution in [0.15, 0.2) is 47.1 Å². The second kappa shape index (κ2) is 8.14. The van der Waals surface area contributed by atoms with Crippen molar-refractivity contribution in [2.75, 3.05) is 5.32 Å². The van der Waals surface area contributed by atoms with Gasteiger partial charge in [0.25, 0.3) is 11.6 Å². The van der Waals surface area contributed by atoms with E-state index in [0.29, 0.717) is 11.3 Å². The normalized spacial score (nSPS) is 10.9. The molecule has 0 aliphatic carbocycles. The van der Waals surface area contributed by atoms with Gasteiger partial charge in [0.2, 0.25) is 0 Å². The Kier molecular flexibility index (Phi) is 5.81. The predicted molar refractivity (Wildman–Crippen MR) is 111 cm³/mol. The molecule has 150 valence electrons. The number of phenolic OH excluding ortho intramolecular Hbond substituents is 1. The van der Waals surface area contributed by atoms with Crippen LogP contribution in [0.3, 0.4) is 0 Å². The molecule has 0 bridgehead atoms. The van der Waals surface area contributed by atoms with Crippen molar-refractivity contribution < 1.29 is 19.2 Å². The van der Waals surface area contributed by atoms with E-state index in [2.05, 4.69) is 5.32 Å². The smallest absolute Gasteiger partial charge is 0.271 e. The van der Waals surface area contributed by atoms with E-state index in [-0.39, 0.29) is 38.7 Å². The summed E-state index contributed by atoms with van der Waals surface area (Å²) in [6, 6.07) is 8.15. The third kappa shape index (κ3) is 4.21. The van der Waals surface area contributed by atoms with Crippen LogP contribution in [0.5, 0.6) is 5.75 Å². The summed E-state index contributed by atoms with van der Waals surface area (Å²) in [7, 11) is 0. The summed E-state index contributed by atoms with van der Waals surface area (Å²) < 4.78 is 5.52. The van der Waals surface area contributed by atoms with E-state index in [1.54, 1.807) is 0 Å². The molecule has 29 heavy (non-hydrogen) atoms. The van der Waals surface area contributed by atoms with E-state index in [1.807, 2.05) is 19.9 Å². The number of phenols is 1. The lowest BCUT2D eigenvalue weighted by Crippen LogP contribution is -2.12. The summed E-state index contributed by atoms with van der Waals surface area (Å²) in [6.45, 7) is 4.00. The lowest BCUT2D eigenvalue weighted by Gasteiger charge is -2.12. The van der Waals surface area contributed by atoms with Crippen molar-refractivity contribution in [2.24, 2.45) is 0 Å². The number of benzene rings is 2. The van der Waals surface area contributed by atoms with Gasteiger partial charge < -0.3 is 14.8 Å². The first-order valence-corrected chi connectivity index (χ1v) is 9.30. The summed E-state index contributed by atoms with van der Waals surface area (Å²) in [5.74, 6) is -0.277. The molecule has 7 nitrogen and oxygen atoms in total. The molecule has 0 aliphatic rings. The van der Waals surface area contributed by atoms with Gasteiger partial charge in [0.05, 0.1) is 32.5 Å². The Morgan fingerprint density at radius 3 is 2.52 bits per heavy atom. The van der Waals surface area contributed by atoms with Gasteiger partial charge in [-0.3, -0.25) is 14.9 Å². The molecule has 1 aromatic heterocycles. The maximum Gasteiger partial charge on any atom is 0.271 e. The van der Waals surface area contributed by atoms with E-state index >= 15 is 0 Å². The molecule has 1 heterocycles. The highest BCUT2D eigenvalue weighted by atomic mass is 35.5. The first-order valence-electron chi connectivity index (χ1n) is 8.54. The molecule has 3 rings (SSSR count). The Labute approximate surface area is 176 Å². The quantitative estimate of drug-likeness (QED) is 0.364. The highest BCUT2D eigenvalue weighted by Gasteiger charge is 2.21. The number of hydrogen-bond donors (Lipinski definition) is 2. The van der Waals surface area contributed by atoms with Crippen LogP contribution < -0.4 is 5.32 Å². The van der Waals surface area contributed by atoms with Gasteiger partial charge >= 0.3 is 0 Å². The van der Waals surface area contributed by atoms with Crippen LogP contribution in [0, 0.1) is 10.1 Å². The number of amides is 1. The topological polar surface area (TPSA) is 106 Å². The van der Waals surface area contributed by atoms with Crippen molar-refractivity contribution >= 4 is 40.5 Å². The first-order chi connectivity index (χ1) is 13.7. The zero-order valence-corrected chi connectivity index (χ0v) is 16.9. The van der Waals surface area contributed by atoms with Gasteiger partial charge in [-0.2, -0.15) is 0 Å². The average Bonchev–Trinajstić information content (AvgIpc) is 3.14. The number of halogens is 2. The van der Waals surface area contributed by atoms with Crippen LogP contribution in [-0.2, 0) is 0 Å². The van der Waals surface area contributed by atoms with Gasteiger partial charge in [0.15, 0.2) is 0 Å². The van der Waals surface area contributed by atoms with Gasteiger partial charge in [-0.25, -0.2) is 0 Å². The maximum atomic E-state index is 12.6. The van der Waals surface area contributed by atoms with Crippen molar-refractivity contribution in [1.29, 1.82) is 0 Å². The van der Waals surface area contributed by atoms with Crippen LogP contribution in [-0.4, -0.2) is 15.9 Å². The van der Waals surface area contributed by atoms with Crippen LogP contribution in [0.2, 0.25) is 10.0 Å². The van der Waals surface area contributed by atoms with E-state index in [1.165, 1.54) is 30.5 Å². The first kappa shape index (κ1) is 20.7. The number of hydrogen-bond acceptors (Lipinski definition) is 5. The molecule has 1 amide bonds. The molecule has 9 heteroatoms. The summed E-state index contributed by atoms with van der Waals surface area (Å²) in [5, 5.41) is 23.9. The number of aromatic hydroxyl groups is 1. The van der Waals surface area contributed by atoms with Crippen LogP contribution in [0.4, 0.5) is 11.4 Å². The fraction of sp³-hybridized carbons (Fsp3) is 0.150. The van der Waals surface area contributed by atoms with Crippen LogP contribution in [0.25, 0.3) is 11.3 Å². The minimum Gasteiger partial charge on any atom is -0.507 e. The lowest BCUT2D eigenvalue weighted by molar-refractivity contribution is -0.384. The molecular weight excluding hydrogens is 419 g/mol. The van der Waals surface area contributed by atoms with Crippen molar-refractivity contribution in [2.45, 2.75) is 19.8 Å². The highest BCUT2D eigenvalue weighted by Crippen LogP contribution is 2.38. The molecule has 3 aromatic rings. The van der Waals surface area contributed by atoms with E-state index < -0.39 is 10.8 Å². The summed E-state index contributed by atoms with van der Waals surface area (Å²) in [6.07, 6.45) is 1.54. The van der Waals surface area contributed by atoms with Crippen molar-refractivity contribution in [3.8, 4) is 17.1 Å². The number of rotatable bonds is 5. The van der Waals surface area contributed by atoms with Gasteiger partial charge in [0, 0.05) is 23.3 Å². The second-order valence-corrected chi connectivity index (χ2v) is 7.40. The number of carbonyl (C=O) groups is 1. The predicted octanol–water partition coefficient (Wildman–Crippen LogP) is 6.24. The Bertz CT molecular complexity index is 1110. The SMILES string of the molecule is CC(C)c1ccoc1-c1cc(O)c(C(=O)Nc2ccc([N+](=O)[O-])cc2Cl)cc1Cl. The average molecular weight is 435 g/mol. The molecule has 0 saturated heterocycles. The molecule has 0 spiro atoms. The number of anilines is 1.